The number of nitrogens with one attached hydrogen (secondary N) is 1. The van der Waals surface area contributed by atoms with Crippen LogP contribution in [0.25, 0.3) is 0 Å². The van der Waals surface area contributed by atoms with Crippen LogP contribution >= 0.6 is 0 Å². The molecule has 1 heterocycles. The maximum Gasteiger partial charge on any atom is 0.331 e. The van der Waals surface area contributed by atoms with Crippen LogP contribution in [0.15, 0.2) is 11.6 Å². The van der Waals surface area contributed by atoms with Crippen LogP contribution in [-0.4, -0.2) is 71.0 Å². The normalized spacial score (nSPS) is 23.1. The summed E-state index contributed by atoms with van der Waals surface area (Å²) in [5.74, 6) is -1.31. The summed E-state index contributed by atoms with van der Waals surface area (Å²) in [6, 6.07) is -1.00. The number of carboxylic acid groups (broad SMARTS) is 1. The lowest BCUT2D eigenvalue weighted by Gasteiger charge is -2.40. The van der Waals surface area contributed by atoms with Crippen molar-refractivity contribution in [3.63, 3.8) is 0 Å². The molecule has 0 radical (unpaired) electrons. The largest absolute Gasteiger partial charge is 0.478 e. The minimum atomic E-state index is -1.00. The molecule has 2 N–H and O–H groups in total. The van der Waals surface area contributed by atoms with Gasteiger partial charge in [-0.1, -0.05) is 40.7 Å². The quantitative estimate of drug-likeness (QED) is 0.615. The molecular weight excluding hydrogens is 382 g/mol. The van der Waals surface area contributed by atoms with Crippen LogP contribution in [0.1, 0.15) is 67.7 Å². The molecule has 0 bridgehead atoms. The number of nitrogens with zero attached hydrogens (tertiary/aromatic N) is 2. The monoisotopic (exact) mass is 423 g/mol. The maximum atomic E-state index is 13.5. The predicted octanol–water partition coefficient (Wildman–Crippen LogP) is 2.90. The third-order valence-electron chi connectivity index (χ3n) is 6.22. The second-order valence-corrected chi connectivity index (χ2v) is 10.1. The Morgan fingerprint density at radius 2 is 1.77 bits per heavy atom. The minimum Gasteiger partial charge on any atom is -0.478 e. The van der Waals surface area contributed by atoms with Crippen molar-refractivity contribution in [2.45, 2.75) is 91.9 Å². The second kappa shape index (κ2) is 10.4. The number of rotatable bonds is 7. The fourth-order valence-corrected chi connectivity index (χ4v) is 3.95. The van der Waals surface area contributed by atoms with Crippen molar-refractivity contribution in [2.24, 2.45) is 11.3 Å². The fraction of sp³-hybridized carbons (Fsp3) is 0.783. The van der Waals surface area contributed by atoms with Gasteiger partial charge in [-0.3, -0.25) is 14.5 Å². The minimum absolute atomic E-state index is 0.0231. The van der Waals surface area contributed by atoms with Crippen LogP contribution in [0.2, 0.25) is 0 Å². The van der Waals surface area contributed by atoms with Gasteiger partial charge >= 0.3 is 5.97 Å². The molecule has 0 aromatic carbocycles. The molecule has 172 valence electrons. The topological polar surface area (TPSA) is 90.0 Å². The standard InChI is InChI=1S/C23H41N3O4/c1-14(2)18(13-15(3)22(29)30)26(9)21(28)19(23(5,6)7)24-20(27)17-12-10-11-16(4)25(17)8/h13-14,16-19H,10-12H2,1-9H3,(H,24,27)(H,29,30)/t16?,17?,18-,19-/m1/s1. The molecule has 30 heavy (non-hydrogen) atoms. The van der Waals surface area contributed by atoms with Crippen molar-refractivity contribution in [3.8, 4) is 0 Å². The summed E-state index contributed by atoms with van der Waals surface area (Å²) >= 11 is 0. The zero-order chi connectivity index (χ0) is 23.4. The first-order valence-electron chi connectivity index (χ1n) is 10.9. The first-order valence-corrected chi connectivity index (χ1v) is 10.9. The Hall–Kier alpha value is -1.89. The molecule has 0 aromatic rings. The number of carbonyl (C=O) groups excluding carboxylic acids is 2. The van der Waals surface area contributed by atoms with Gasteiger partial charge in [-0.2, -0.15) is 0 Å². The zero-order valence-corrected chi connectivity index (χ0v) is 20.2. The molecule has 0 saturated carbocycles. The number of piperidine rings is 1. The highest BCUT2D eigenvalue weighted by molar-refractivity contribution is 5.91. The zero-order valence-electron chi connectivity index (χ0n) is 20.2. The van der Waals surface area contributed by atoms with Gasteiger partial charge < -0.3 is 15.3 Å². The van der Waals surface area contributed by atoms with E-state index in [0.717, 1.165) is 19.3 Å². The molecule has 2 unspecified atom stereocenters. The van der Waals surface area contributed by atoms with Crippen LogP contribution in [0.5, 0.6) is 0 Å². The summed E-state index contributed by atoms with van der Waals surface area (Å²) < 4.78 is 0. The lowest BCUT2D eigenvalue weighted by molar-refractivity contribution is -0.142. The van der Waals surface area contributed by atoms with Crippen LogP contribution < -0.4 is 5.32 Å². The van der Waals surface area contributed by atoms with Crippen molar-refractivity contribution < 1.29 is 19.5 Å². The van der Waals surface area contributed by atoms with Gasteiger partial charge in [0.15, 0.2) is 0 Å². The number of amides is 2. The van der Waals surface area contributed by atoms with Gasteiger partial charge in [0, 0.05) is 18.7 Å². The van der Waals surface area contributed by atoms with E-state index in [2.05, 4.69) is 17.1 Å². The molecule has 7 nitrogen and oxygen atoms in total. The molecule has 1 aliphatic heterocycles. The Kier molecular flexibility index (Phi) is 9.08. The molecule has 1 rings (SSSR count). The van der Waals surface area contributed by atoms with E-state index in [1.165, 1.54) is 6.92 Å². The fourth-order valence-electron chi connectivity index (χ4n) is 3.95. The van der Waals surface area contributed by atoms with Gasteiger partial charge in [0.2, 0.25) is 11.8 Å². The molecule has 0 spiro atoms. The number of likely N-dealkylation sites (N-methyl/N-ethyl adjacent to an activating group) is 2. The van der Waals surface area contributed by atoms with Gasteiger partial charge in [0.25, 0.3) is 0 Å². The van der Waals surface area contributed by atoms with E-state index in [1.807, 2.05) is 41.7 Å². The second-order valence-electron chi connectivity index (χ2n) is 10.1. The van der Waals surface area contributed by atoms with E-state index in [1.54, 1.807) is 18.0 Å². The number of carbonyl (C=O) groups is 3. The molecular formula is C23H41N3O4. The summed E-state index contributed by atoms with van der Waals surface area (Å²) in [4.78, 5) is 41.5. The molecule has 2 amide bonds. The summed E-state index contributed by atoms with van der Waals surface area (Å²) in [5, 5.41) is 12.3. The highest BCUT2D eigenvalue weighted by Crippen LogP contribution is 2.26. The third kappa shape index (κ3) is 6.56. The van der Waals surface area contributed by atoms with Crippen molar-refractivity contribution in [1.29, 1.82) is 0 Å². The smallest absolute Gasteiger partial charge is 0.331 e. The Morgan fingerprint density at radius 3 is 2.23 bits per heavy atom. The number of carboxylic acids is 1. The van der Waals surface area contributed by atoms with E-state index in [4.69, 9.17) is 0 Å². The average molecular weight is 424 g/mol. The SMILES string of the molecule is CC(=C[C@H](C(C)C)N(C)C(=O)[C@@H](NC(=O)C1CCCC(C)N1C)C(C)(C)C)C(=O)O. The van der Waals surface area contributed by atoms with Gasteiger partial charge in [0.05, 0.1) is 12.1 Å². The third-order valence-corrected chi connectivity index (χ3v) is 6.22. The van der Waals surface area contributed by atoms with Gasteiger partial charge in [-0.15, -0.1) is 0 Å². The predicted molar refractivity (Wildman–Crippen MR) is 119 cm³/mol. The maximum absolute atomic E-state index is 13.5. The van der Waals surface area contributed by atoms with Crippen LogP contribution in [-0.2, 0) is 14.4 Å². The van der Waals surface area contributed by atoms with Crippen LogP contribution in [0.4, 0.5) is 0 Å². The Labute approximate surface area is 181 Å². The molecule has 0 aromatic heterocycles. The van der Waals surface area contributed by atoms with Gasteiger partial charge in [-0.25, -0.2) is 4.79 Å². The summed E-state index contributed by atoms with van der Waals surface area (Å²) in [7, 11) is 3.64. The highest BCUT2D eigenvalue weighted by Gasteiger charge is 2.39. The Morgan fingerprint density at radius 1 is 1.20 bits per heavy atom. The van der Waals surface area contributed by atoms with E-state index >= 15 is 0 Å². The summed E-state index contributed by atoms with van der Waals surface area (Å²) in [6.07, 6.45) is 4.45. The lowest BCUT2D eigenvalue weighted by atomic mass is 9.84. The summed E-state index contributed by atoms with van der Waals surface area (Å²) in [5.41, 5.74) is -0.296. The van der Waals surface area contributed by atoms with Gasteiger partial charge in [0.1, 0.15) is 6.04 Å². The van der Waals surface area contributed by atoms with Crippen molar-refractivity contribution >= 4 is 17.8 Å². The molecule has 7 heteroatoms. The number of aliphatic carboxylic acids is 1. The molecule has 1 saturated heterocycles. The summed E-state index contributed by atoms with van der Waals surface area (Å²) in [6.45, 7) is 13.3. The van der Waals surface area contributed by atoms with E-state index in [-0.39, 0.29) is 35.4 Å². The molecule has 4 atom stereocenters. The molecule has 1 fully saturated rings. The Bertz CT molecular complexity index is 666. The average Bonchev–Trinajstić information content (AvgIpc) is 2.63. The Balaban J connectivity index is 3.12. The van der Waals surface area contributed by atoms with Crippen molar-refractivity contribution in [1.82, 2.24) is 15.1 Å². The molecule has 0 aliphatic carbocycles. The lowest BCUT2D eigenvalue weighted by Crippen LogP contribution is -2.60. The van der Waals surface area contributed by atoms with E-state index < -0.39 is 17.4 Å². The van der Waals surface area contributed by atoms with Crippen molar-refractivity contribution in [3.05, 3.63) is 11.6 Å². The first-order chi connectivity index (χ1) is 13.7. The highest BCUT2D eigenvalue weighted by atomic mass is 16.4. The molecule has 1 aliphatic rings. The van der Waals surface area contributed by atoms with Crippen LogP contribution in [0.3, 0.4) is 0 Å². The van der Waals surface area contributed by atoms with Gasteiger partial charge in [-0.05, 0) is 51.5 Å². The number of hydrogen-bond acceptors (Lipinski definition) is 4. The van der Waals surface area contributed by atoms with E-state index in [9.17, 15) is 19.5 Å². The number of hydrogen-bond donors (Lipinski definition) is 2. The van der Waals surface area contributed by atoms with E-state index in [0.29, 0.717) is 6.04 Å². The number of likely N-dealkylation sites (tertiary alicyclic amines) is 1. The van der Waals surface area contributed by atoms with Crippen LogP contribution in [0, 0.1) is 11.3 Å². The van der Waals surface area contributed by atoms with Crippen molar-refractivity contribution in [2.75, 3.05) is 14.1 Å². The first kappa shape index (κ1) is 26.1.